The van der Waals surface area contributed by atoms with Crippen molar-refractivity contribution in [3.8, 4) is 0 Å². The van der Waals surface area contributed by atoms with Gasteiger partial charge in [0.15, 0.2) is 15.0 Å². The molecule has 0 radical (unpaired) electrons. The molecule has 2 rings (SSSR count). The highest BCUT2D eigenvalue weighted by molar-refractivity contribution is 7.99. The fraction of sp³-hybridized carbons (Fsp3) is 0.688. The average Bonchev–Trinajstić information content (AvgIpc) is 3.08. The van der Waals surface area contributed by atoms with Gasteiger partial charge in [-0.2, -0.15) is 0 Å². The van der Waals surface area contributed by atoms with E-state index in [1.807, 2.05) is 25.3 Å². The first-order valence-corrected chi connectivity index (χ1v) is 11.2. The van der Waals surface area contributed by atoms with Gasteiger partial charge in [0.2, 0.25) is 5.91 Å². The highest BCUT2D eigenvalue weighted by Crippen LogP contribution is 2.30. The van der Waals surface area contributed by atoms with Crippen LogP contribution in [-0.4, -0.2) is 51.9 Å². The predicted molar refractivity (Wildman–Crippen MR) is 99.5 cm³/mol. The fourth-order valence-electron chi connectivity index (χ4n) is 2.64. The van der Waals surface area contributed by atoms with Gasteiger partial charge in [0, 0.05) is 18.0 Å². The summed E-state index contributed by atoms with van der Waals surface area (Å²) in [7, 11) is -2.99. The summed E-state index contributed by atoms with van der Waals surface area (Å²) in [5.41, 5.74) is -0.240. The van der Waals surface area contributed by atoms with Crippen molar-refractivity contribution in [3.05, 3.63) is 18.5 Å². The summed E-state index contributed by atoms with van der Waals surface area (Å²) in [6, 6.07) is 0. The molecular formula is C16H26N4O3S2. The van der Waals surface area contributed by atoms with Crippen LogP contribution in [0.15, 0.2) is 17.8 Å². The summed E-state index contributed by atoms with van der Waals surface area (Å²) in [6.07, 6.45) is 3.13. The van der Waals surface area contributed by atoms with Crippen LogP contribution < -0.4 is 5.32 Å². The van der Waals surface area contributed by atoms with Crippen LogP contribution in [0.1, 0.15) is 45.4 Å². The van der Waals surface area contributed by atoms with E-state index in [0.717, 1.165) is 6.42 Å². The smallest absolute Gasteiger partial charge is 0.230 e. The molecule has 25 heavy (non-hydrogen) atoms. The summed E-state index contributed by atoms with van der Waals surface area (Å²) < 4.78 is 25.3. The van der Waals surface area contributed by atoms with Crippen LogP contribution in [0.2, 0.25) is 0 Å². The Morgan fingerprint density at radius 1 is 1.48 bits per heavy atom. The number of nitrogens with one attached hydrogen (secondary N) is 1. The molecule has 1 atom stereocenters. The Kier molecular flexibility index (Phi) is 6.31. The molecule has 7 nitrogen and oxygen atoms in total. The second-order valence-corrected chi connectivity index (χ2v) is 10.1. The monoisotopic (exact) mass is 386 g/mol. The van der Waals surface area contributed by atoms with Gasteiger partial charge in [-0.25, -0.2) is 8.42 Å². The Morgan fingerprint density at radius 2 is 2.20 bits per heavy atom. The second-order valence-electron chi connectivity index (χ2n) is 6.91. The summed E-state index contributed by atoms with van der Waals surface area (Å²) >= 11 is 1.31. The van der Waals surface area contributed by atoms with Crippen molar-refractivity contribution in [2.45, 2.75) is 56.8 Å². The zero-order valence-electron chi connectivity index (χ0n) is 15.0. The van der Waals surface area contributed by atoms with Gasteiger partial charge in [-0.15, -0.1) is 16.8 Å². The average molecular weight is 387 g/mol. The summed E-state index contributed by atoms with van der Waals surface area (Å²) in [5, 5.41) is 12.0. The highest BCUT2D eigenvalue weighted by atomic mass is 32.2. The number of hydrogen-bond acceptors (Lipinski definition) is 6. The second kappa shape index (κ2) is 7.90. The van der Waals surface area contributed by atoms with Gasteiger partial charge in [0.05, 0.1) is 17.3 Å². The number of allylic oxidation sites excluding steroid dienone is 1. The minimum atomic E-state index is -2.99. The van der Waals surface area contributed by atoms with E-state index in [1.54, 1.807) is 6.08 Å². The van der Waals surface area contributed by atoms with E-state index in [2.05, 4.69) is 22.1 Å². The standard InChI is InChI=1S/C16H26N4O3S2/c1-5-8-20-14(12-7-9-25(22,23)11-12)18-19-15(20)24-10-13(21)17-16(3,4)6-2/h5,12H,1,6-11H2,2-4H3,(H,17,21). The van der Waals surface area contributed by atoms with Crippen molar-refractivity contribution >= 4 is 27.5 Å². The largest absolute Gasteiger partial charge is 0.351 e. The molecule has 0 bridgehead atoms. The predicted octanol–water partition coefficient (Wildman–Crippen LogP) is 1.76. The Balaban J connectivity index is 2.09. The minimum absolute atomic E-state index is 0.0602. The van der Waals surface area contributed by atoms with Crippen LogP contribution in [-0.2, 0) is 21.2 Å². The molecule has 0 saturated carbocycles. The molecule has 1 aliphatic rings. The summed E-state index contributed by atoms with van der Waals surface area (Å²) in [4.78, 5) is 12.1. The molecule has 0 spiro atoms. The van der Waals surface area contributed by atoms with Crippen LogP contribution >= 0.6 is 11.8 Å². The number of amides is 1. The highest BCUT2D eigenvalue weighted by Gasteiger charge is 2.33. The normalized spacial score (nSPS) is 19.7. The lowest BCUT2D eigenvalue weighted by molar-refractivity contribution is -0.120. The molecule has 1 aromatic rings. The number of rotatable bonds is 8. The van der Waals surface area contributed by atoms with E-state index < -0.39 is 9.84 Å². The molecule has 0 aliphatic carbocycles. The first-order valence-electron chi connectivity index (χ1n) is 8.35. The van der Waals surface area contributed by atoms with Crippen LogP contribution in [0.5, 0.6) is 0 Å². The molecule has 9 heteroatoms. The zero-order chi connectivity index (χ0) is 18.7. The van der Waals surface area contributed by atoms with Crippen molar-refractivity contribution in [2.75, 3.05) is 17.3 Å². The molecular weight excluding hydrogens is 360 g/mol. The van der Waals surface area contributed by atoms with Crippen molar-refractivity contribution in [1.82, 2.24) is 20.1 Å². The third-order valence-corrected chi connectivity index (χ3v) is 7.08. The number of aromatic nitrogens is 3. The van der Waals surface area contributed by atoms with Crippen molar-refractivity contribution in [2.24, 2.45) is 0 Å². The summed E-state index contributed by atoms with van der Waals surface area (Å²) in [5.74, 6) is 1.00. The van der Waals surface area contributed by atoms with E-state index in [0.29, 0.717) is 23.9 Å². The Bertz CT molecular complexity index is 741. The first-order chi connectivity index (χ1) is 11.7. The molecule has 1 N–H and O–H groups in total. The van der Waals surface area contributed by atoms with E-state index in [-0.39, 0.29) is 34.6 Å². The number of carbonyl (C=O) groups is 1. The number of nitrogens with zero attached hydrogens (tertiary/aromatic N) is 3. The van der Waals surface area contributed by atoms with Crippen molar-refractivity contribution in [3.63, 3.8) is 0 Å². The molecule has 2 heterocycles. The van der Waals surface area contributed by atoms with Crippen LogP contribution in [0.4, 0.5) is 0 Å². The number of sulfone groups is 1. The molecule has 1 fully saturated rings. The quantitative estimate of drug-likeness (QED) is 0.540. The van der Waals surface area contributed by atoms with Crippen LogP contribution in [0.3, 0.4) is 0 Å². The maximum atomic E-state index is 12.1. The van der Waals surface area contributed by atoms with Crippen molar-refractivity contribution < 1.29 is 13.2 Å². The van der Waals surface area contributed by atoms with Gasteiger partial charge in [0.1, 0.15) is 5.82 Å². The fourth-order valence-corrected chi connectivity index (χ4v) is 5.13. The van der Waals surface area contributed by atoms with Crippen LogP contribution in [0, 0.1) is 0 Å². The van der Waals surface area contributed by atoms with E-state index in [1.165, 1.54) is 11.8 Å². The lowest BCUT2D eigenvalue weighted by atomic mass is 10.0. The van der Waals surface area contributed by atoms with Gasteiger partial charge in [-0.05, 0) is 26.7 Å². The van der Waals surface area contributed by atoms with E-state index >= 15 is 0 Å². The van der Waals surface area contributed by atoms with Gasteiger partial charge in [-0.3, -0.25) is 4.79 Å². The third-order valence-electron chi connectivity index (χ3n) is 4.35. The number of thioether (sulfide) groups is 1. The van der Waals surface area contributed by atoms with Crippen molar-refractivity contribution in [1.29, 1.82) is 0 Å². The Labute approximate surface area is 153 Å². The molecule has 140 valence electrons. The maximum Gasteiger partial charge on any atom is 0.230 e. The number of hydrogen-bond donors (Lipinski definition) is 1. The molecule has 1 saturated heterocycles. The van der Waals surface area contributed by atoms with Gasteiger partial charge in [-0.1, -0.05) is 24.8 Å². The van der Waals surface area contributed by atoms with Crippen LogP contribution in [0.25, 0.3) is 0 Å². The minimum Gasteiger partial charge on any atom is -0.351 e. The Morgan fingerprint density at radius 3 is 2.76 bits per heavy atom. The maximum absolute atomic E-state index is 12.1. The zero-order valence-corrected chi connectivity index (χ0v) is 16.6. The van der Waals surface area contributed by atoms with Gasteiger partial charge in [0.25, 0.3) is 0 Å². The first kappa shape index (κ1) is 20.0. The van der Waals surface area contributed by atoms with E-state index in [9.17, 15) is 13.2 Å². The topological polar surface area (TPSA) is 93.9 Å². The molecule has 1 aliphatic heterocycles. The SMILES string of the molecule is C=CCn1c(SCC(=O)NC(C)(C)CC)nnc1C1CCS(=O)(=O)C1. The lowest BCUT2D eigenvalue weighted by Crippen LogP contribution is -2.43. The molecule has 0 aromatic carbocycles. The number of carbonyl (C=O) groups excluding carboxylic acids is 1. The molecule has 1 amide bonds. The van der Waals surface area contributed by atoms with Gasteiger partial charge >= 0.3 is 0 Å². The Hall–Kier alpha value is -1.35. The third kappa shape index (κ3) is 5.31. The summed E-state index contributed by atoms with van der Waals surface area (Å²) in [6.45, 7) is 10.2. The van der Waals surface area contributed by atoms with Gasteiger partial charge < -0.3 is 9.88 Å². The molecule has 1 unspecified atom stereocenters. The van der Waals surface area contributed by atoms with E-state index in [4.69, 9.17) is 0 Å². The lowest BCUT2D eigenvalue weighted by Gasteiger charge is -2.24. The molecule has 1 aromatic heterocycles.